The number of nitrogens with zero attached hydrogens (tertiary/aromatic N) is 1. The molecule has 0 aliphatic carbocycles. The van der Waals surface area contributed by atoms with E-state index in [9.17, 15) is 13.2 Å². The number of para-hydroxylation sites is 1. The van der Waals surface area contributed by atoms with Crippen molar-refractivity contribution >= 4 is 33.2 Å². The van der Waals surface area contributed by atoms with Crippen molar-refractivity contribution in [3.8, 4) is 0 Å². The molecule has 144 valence electrons. The zero-order valence-electron chi connectivity index (χ0n) is 14.9. The number of likely N-dealkylation sites (N-methyl/N-ethyl adjacent to an activating group) is 1. The number of carbonyl (C=O) groups is 1. The maximum Gasteiger partial charge on any atom is 0.261 e. The fraction of sp³-hybridized carbons (Fsp3) is 0.316. The molecule has 8 heteroatoms. The van der Waals surface area contributed by atoms with Gasteiger partial charge in [-0.3, -0.25) is 9.52 Å². The molecule has 1 fully saturated rings. The highest BCUT2D eigenvalue weighted by Crippen LogP contribution is 2.24. The van der Waals surface area contributed by atoms with Crippen LogP contribution >= 0.6 is 11.6 Å². The molecule has 0 bridgehead atoms. The van der Waals surface area contributed by atoms with Crippen LogP contribution in [0, 0.1) is 0 Å². The number of rotatable bonds is 6. The van der Waals surface area contributed by atoms with Crippen LogP contribution in [0.3, 0.4) is 0 Å². The van der Waals surface area contributed by atoms with Crippen LogP contribution in [-0.2, 0) is 14.8 Å². The van der Waals surface area contributed by atoms with E-state index in [1.807, 2.05) is 0 Å². The van der Waals surface area contributed by atoms with E-state index >= 15 is 0 Å². The Morgan fingerprint density at radius 3 is 2.74 bits per heavy atom. The standard InChI is InChI=1S/C19H21ClN2O4S/c1-22(13-15-7-5-11-26-15)19(23)14-6-4-8-16(12-14)27(24,25)21-18-10-3-2-9-17(18)20/h2-4,6,8-10,12,15,21H,5,7,11,13H2,1H3. The Morgan fingerprint density at radius 1 is 1.26 bits per heavy atom. The van der Waals surface area contributed by atoms with Crippen molar-refractivity contribution in [1.82, 2.24) is 4.90 Å². The number of ether oxygens (including phenoxy) is 1. The Morgan fingerprint density at radius 2 is 2.04 bits per heavy atom. The summed E-state index contributed by atoms with van der Waals surface area (Å²) in [6, 6.07) is 12.5. The molecule has 1 aliphatic heterocycles. The van der Waals surface area contributed by atoms with E-state index in [1.54, 1.807) is 48.3 Å². The van der Waals surface area contributed by atoms with E-state index in [4.69, 9.17) is 16.3 Å². The second kappa shape index (κ2) is 8.29. The summed E-state index contributed by atoms with van der Waals surface area (Å²) in [5.41, 5.74) is 0.587. The number of amides is 1. The molecule has 0 radical (unpaired) electrons. The molecular weight excluding hydrogens is 388 g/mol. The largest absolute Gasteiger partial charge is 0.376 e. The first-order chi connectivity index (χ1) is 12.9. The van der Waals surface area contributed by atoms with Gasteiger partial charge in [-0.25, -0.2) is 8.42 Å². The lowest BCUT2D eigenvalue weighted by molar-refractivity contribution is 0.0587. The average Bonchev–Trinajstić information content (AvgIpc) is 3.16. The van der Waals surface area contributed by atoms with Gasteiger partial charge in [0.05, 0.1) is 21.7 Å². The predicted molar refractivity (Wildman–Crippen MR) is 105 cm³/mol. The predicted octanol–water partition coefficient (Wildman–Crippen LogP) is 3.39. The topological polar surface area (TPSA) is 75.7 Å². The van der Waals surface area contributed by atoms with Gasteiger partial charge in [0.25, 0.3) is 15.9 Å². The number of hydrogen-bond acceptors (Lipinski definition) is 4. The van der Waals surface area contributed by atoms with E-state index in [2.05, 4.69) is 4.72 Å². The molecule has 1 heterocycles. The first kappa shape index (κ1) is 19.7. The van der Waals surface area contributed by atoms with Crippen molar-refractivity contribution in [2.75, 3.05) is 24.9 Å². The molecule has 1 unspecified atom stereocenters. The molecule has 1 saturated heterocycles. The Kier molecular flexibility index (Phi) is 6.04. The Balaban J connectivity index is 1.77. The molecule has 1 atom stereocenters. The lowest BCUT2D eigenvalue weighted by Gasteiger charge is -2.21. The van der Waals surface area contributed by atoms with Gasteiger partial charge in [-0.15, -0.1) is 0 Å². The number of nitrogens with one attached hydrogen (secondary N) is 1. The Hall–Kier alpha value is -2.09. The molecule has 0 spiro atoms. The Labute approximate surface area is 164 Å². The molecule has 1 N–H and O–H groups in total. The fourth-order valence-electron chi connectivity index (χ4n) is 2.94. The third kappa shape index (κ3) is 4.80. The molecule has 0 saturated carbocycles. The van der Waals surface area contributed by atoms with Crippen LogP contribution in [0.25, 0.3) is 0 Å². The highest BCUT2D eigenvalue weighted by Gasteiger charge is 2.22. The summed E-state index contributed by atoms with van der Waals surface area (Å²) in [6.07, 6.45) is 1.95. The SMILES string of the molecule is CN(CC1CCCO1)C(=O)c1cccc(S(=O)(=O)Nc2ccccc2Cl)c1. The van der Waals surface area contributed by atoms with E-state index in [-0.39, 0.29) is 22.6 Å². The molecule has 2 aromatic rings. The third-order valence-corrected chi connectivity index (χ3v) is 6.05. The lowest BCUT2D eigenvalue weighted by Crippen LogP contribution is -2.34. The highest BCUT2D eigenvalue weighted by atomic mass is 35.5. The van der Waals surface area contributed by atoms with Crippen LogP contribution < -0.4 is 4.72 Å². The van der Waals surface area contributed by atoms with Crippen LogP contribution in [-0.4, -0.2) is 45.5 Å². The van der Waals surface area contributed by atoms with Crippen LogP contribution in [0.1, 0.15) is 23.2 Å². The fourth-order valence-corrected chi connectivity index (χ4v) is 4.31. The first-order valence-electron chi connectivity index (χ1n) is 8.61. The number of sulfonamides is 1. The zero-order chi connectivity index (χ0) is 19.4. The average molecular weight is 409 g/mol. The Bertz CT molecular complexity index is 927. The summed E-state index contributed by atoms with van der Waals surface area (Å²) in [7, 11) is -2.18. The van der Waals surface area contributed by atoms with Gasteiger partial charge in [0, 0.05) is 25.8 Å². The second-order valence-corrected chi connectivity index (χ2v) is 8.52. The van der Waals surface area contributed by atoms with Gasteiger partial charge in [0.2, 0.25) is 0 Å². The van der Waals surface area contributed by atoms with Crippen molar-refractivity contribution < 1.29 is 17.9 Å². The van der Waals surface area contributed by atoms with Gasteiger partial charge in [-0.05, 0) is 43.2 Å². The quantitative estimate of drug-likeness (QED) is 0.794. The van der Waals surface area contributed by atoms with Gasteiger partial charge in [-0.2, -0.15) is 0 Å². The third-order valence-electron chi connectivity index (χ3n) is 4.36. The second-order valence-electron chi connectivity index (χ2n) is 6.43. The van der Waals surface area contributed by atoms with Crippen molar-refractivity contribution in [2.45, 2.75) is 23.8 Å². The van der Waals surface area contributed by atoms with Gasteiger partial charge in [0.1, 0.15) is 0 Å². The number of halogens is 1. The summed E-state index contributed by atoms with van der Waals surface area (Å²) >= 11 is 6.02. The lowest BCUT2D eigenvalue weighted by atomic mass is 10.2. The van der Waals surface area contributed by atoms with Crippen LogP contribution in [0.4, 0.5) is 5.69 Å². The number of hydrogen-bond donors (Lipinski definition) is 1. The van der Waals surface area contributed by atoms with Gasteiger partial charge in [-0.1, -0.05) is 29.8 Å². The van der Waals surface area contributed by atoms with Crippen molar-refractivity contribution in [1.29, 1.82) is 0 Å². The summed E-state index contributed by atoms with van der Waals surface area (Å²) in [5.74, 6) is -0.250. The summed E-state index contributed by atoms with van der Waals surface area (Å²) < 4.78 is 33.3. The smallest absolute Gasteiger partial charge is 0.261 e. The minimum absolute atomic E-state index is 0.00112. The van der Waals surface area contributed by atoms with Crippen LogP contribution in [0.5, 0.6) is 0 Å². The summed E-state index contributed by atoms with van der Waals surface area (Å²) in [5, 5.41) is 0.296. The monoisotopic (exact) mass is 408 g/mol. The van der Waals surface area contributed by atoms with Gasteiger partial charge < -0.3 is 9.64 Å². The zero-order valence-corrected chi connectivity index (χ0v) is 16.5. The number of carbonyl (C=O) groups excluding carboxylic acids is 1. The van der Waals surface area contributed by atoms with Crippen molar-refractivity contribution in [3.63, 3.8) is 0 Å². The van der Waals surface area contributed by atoms with Gasteiger partial charge in [0.15, 0.2) is 0 Å². The van der Waals surface area contributed by atoms with Crippen LogP contribution in [0.15, 0.2) is 53.4 Å². The van der Waals surface area contributed by atoms with E-state index in [1.165, 1.54) is 12.1 Å². The number of benzene rings is 2. The summed E-state index contributed by atoms with van der Waals surface area (Å²) in [6.45, 7) is 1.20. The van der Waals surface area contributed by atoms with E-state index in [0.717, 1.165) is 12.8 Å². The number of anilines is 1. The van der Waals surface area contributed by atoms with Gasteiger partial charge >= 0.3 is 0 Å². The minimum Gasteiger partial charge on any atom is -0.376 e. The summed E-state index contributed by atoms with van der Waals surface area (Å²) in [4.78, 5) is 14.2. The molecule has 1 amide bonds. The molecule has 1 aliphatic rings. The molecule has 3 rings (SSSR count). The molecule has 2 aromatic carbocycles. The van der Waals surface area contributed by atoms with Crippen molar-refractivity contribution in [2.24, 2.45) is 0 Å². The maximum absolute atomic E-state index is 12.7. The molecule has 0 aromatic heterocycles. The maximum atomic E-state index is 12.7. The molecule has 27 heavy (non-hydrogen) atoms. The van der Waals surface area contributed by atoms with E-state index in [0.29, 0.717) is 23.7 Å². The van der Waals surface area contributed by atoms with Crippen LogP contribution in [0.2, 0.25) is 5.02 Å². The first-order valence-corrected chi connectivity index (χ1v) is 10.5. The highest BCUT2D eigenvalue weighted by molar-refractivity contribution is 7.92. The van der Waals surface area contributed by atoms with Crippen molar-refractivity contribution in [3.05, 3.63) is 59.1 Å². The molecule has 6 nitrogen and oxygen atoms in total. The minimum atomic E-state index is -3.87. The molecular formula is C19H21ClN2O4S. The normalized spacial score (nSPS) is 16.9. The van der Waals surface area contributed by atoms with E-state index < -0.39 is 10.0 Å².